The third kappa shape index (κ3) is 2.65. The fourth-order valence-corrected chi connectivity index (χ4v) is 2.32. The zero-order valence-corrected chi connectivity index (χ0v) is 10.4. The molecule has 0 aliphatic heterocycles. The van der Waals surface area contributed by atoms with Crippen molar-refractivity contribution in [2.24, 2.45) is 5.92 Å². The summed E-state index contributed by atoms with van der Waals surface area (Å²) in [5, 5.41) is 3.53. The second-order valence-corrected chi connectivity index (χ2v) is 5.05. The van der Waals surface area contributed by atoms with Crippen molar-refractivity contribution in [3.8, 4) is 0 Å². The lowest BCUT2D eigenvalue weighted by Gasteiger charge is -2.16. The number of nitrogens with one attached hydrogen (secondary N) is 1. The van der Waals surface area contributed by atoms with Gasteiger partial charge < -0.3 is 10.2 Å². The Labute approximate surface area is 97.9 Å². The lowest BCUT2D eigenvalue weighted by molar-refractivity contribution is 0.602. The number of pyridine rings is 1. The molecular formula is C13H21N3. The zero-order valence-electron chi connectivity index (χ0n) is 10.4. The van der Waals surface area contributed by atoms with Crippen LogP contribution < -0.4 is 10.2 Å². The molecule has 1 aromatic heterocycles. The van der Waals surface area contributed by atoms with Crippen molar-refractivity contribution in [2.75, 3.05) is 24.3 Å². The average Bonchev–Trinajstić information content (AvgIpc) is 2.64. The first kappa shape index (κ1) is 11.2. The van der Waals surface area contributed by atoms with Gasteiger partial charge in [-0.15, -0.1) is 0 Å². The first-order valence-electron chi connectivity index (χ1n) is 6.05. The topological polar surface area (TPSA) is 28.2 Å². The average molecular weight is 219 g/mol. The summed E-state index contributed by atoms with van der Waals surface area (Å²) in [5.41, 5.74) is 1.20. The molecule has 2 rings (SSSR count). The molecule has 1 fully saturated rings. The summed E-state index contributed by atoms with van der Waals surface area (Å²) in [5.74, 6) is 1.86. The highest BCUT2D eigenvalue weighted by molar-refractivity contribution is 5.53. The molecule has 3 heteroatoms. The van der Waals surface area contributed by atoms with Gasteiger partial charge in [0.25, 0.3) is 0 Å². The molecule has 88 valence electrons. The predicted octanol–water partition coefficient (Wildman–Crippen LogP) is 2.75. The first-order chi connectivity index (χ1) is 7.65. The van der Waals surface area contributed by atoms with Crippen molar-refractivity contribution in [3.63, 3.8) is 0 Å². The molecule has 1 saturated carbocycles. The smallest absolute Gasteiger partial charge is 0.128 e. The van der Waals surface area contributed by atoms with E-state index >= 15 is 0 Å². The van der Waals surface area contributed by atoms with Crippen LogP contribution in [0.25, 0.3) is 0 Å². The van der Waals surface area contributed by atoms with E-state index in [1.165, 1.54) is 24.9 Å². The van der Waals surface area contributed by atoms with Crippen molar-refractivity contribution in [2.45, 2.75) is 32.2 Å². The summed E-state index contributed by atoms with van der Waals surface area (Å²) < 4.78 is 0. The highest BCUT2D eigenvalue weighted by atomic mass is 15.1. The maximum absolute atomic E-state index is 4.37. The summed E-state index contributed by atoms with van der Waals surface area (Å²) in [6.07, 6.45) is 5.75. The maximum Gasteiger partial charge on any atom is 0.128 e. The van der Waals surface area contributed by atoms with Crippen LogP contribution in [0.5, 0.6) is 0 Å². The Bertz CT molecular complexity index is 349. The van der Waals surface area contributed by atoms with E-state index in [4.69, 9.17) is 0 Å². The molecule has 3 nitrogen and oxygen atoms in total. The number of nitrogens with zero attached hydrogens (tertiary/aromatic N) is 2. The summed E-state index contributed by atoms with van der Waals surface area (Å²) in [6.45, 7) is 2.32. The highest BCUT2D eigenvalue weighted by Gasteiger charge is 2.21. The third-order valence-electron chi connectivity index (χ3n) is 3.31. The van der Waals surface area contributed by atoms with Crippen molar-refractivity contribution in [1.29, 1.82) is 0 Å². The molecule has 2 unspecified atom stereocenters. The van der Waals surface area contributed by atoms with E-state index in [1.54, 1.807) is 0 Å². The largest absolute Gasteiger partial charge is 0.378 e. The number of rotatable bonds is 3. The fraction of sp³-hybridized carbons (Fsp3) is 0.615. The molecule has 0 amide bonds. The standard InChI is InChI=1S/C13H21N3/c1-10-4-5-11(8-10)15-13-9-12(16(2)3)6-7-14-13/h6-7,9-11H,4-5,8H2,1-3H3,(H,14,15). The first-order valence-corrected chi connectivity index (χ1v) is 6.05. The van der Waals surface area contributed by atoms with Gasteiger partial charge in [-0.05, 0) is 31.2 Å². The summed E-state index contributed by atoms with van der Waals surface area (Å²) in [4.78, 5) is 6.47. The van der Waals surface area contributed by atoms with E-state index < -0.39 is 0 Å². The molecule has 1 aromatic rings. The van der Waals surface area contributed by atoms with Crippen molar-refractivity contribution in [1.82, 2.24) is 4.98 Å². The third-order valence-corrected chi connectivity index (χ3v) is 3.31. The zero-order chi connectivity index (χ0) is 11.5. The molecule has 16 heavy (non-hydrogen) atoms. The normalized spacial score (nSPS) is 24.4. The highest BCUT2D eigenvalue weighted by Crippen LogP contribution is 2.27. The van der Waals surface area contributed by atoms with Gasteiger partial charge in [0.15, 0.2) is 0 Å². The minimum absolute atomic E-state index is 0.611. The van der Waals surface area contributed by atoms with Gasteiger partial charge >= 0.3 is 0 Å². The van der Waals surface area contributed by atoms with E-state index in [9.17, 15) is 0 Å². The molecule has 0 aromatic carbocycles. The van der Waals surface area contributed by atoms with Crippen LogP contribution in [0.1, 0.15) is 26.2 Å². The molecule has 0 bridgehead atoms. The van der Waals surface area contributed by atoms with Gasteiger partial charge in [-0.2, -0.15) is 0 Å². The van der Waals surface area contributed by atoms with Gasteiger partial charge in [0.05, 0.1) is 0 Å². The molecule has 2 atom stereocenters. The van der Waals surface area contributed by atoms with E-state index in [0.717, 1.165) is 11.7 Å². The molecule has 0 saturated heterocycles. The number of aromatic nitrogens is 1. The van der Waals surface area contributed by atoms with Gasteiger partial charge in [-0.1, -0.05) is 6.92 Å². The SMILES string of the molecule is CC1CCC(Nc2cc(N(C)C)ccn2)C1. The molecule has 1 heterocycles. The minimum atomic E-state index is 0.611. The molecule has 0 spiro atoms. The Kier molecular flexibility index (Phi) is 3.32. The van der Waals surface area contributed by atoms with Gasteiger partial charge in [0.1, 0.15) is 5.82 Å². The molecule has 0 radical (unpaired) electrons. The van der Waals surface area contributed by atoms with Crippen LogP contribution in [-0.4, -0.2) is 25.1 Å². The Morgan fingerprint density at radius 3 is 2.81 bits per heavy atom. The van der Waals surface area contributed by atoms with Crippen LogP contribution in [0.2, 0.25) is 0 Å². The van der Waals surface area contributed by atoms with Gasteiger partial charge in [-0.3, -0.25) is 0 Å². The molecular weight excluding hydrogens is 198 g/mol. The van der Waals surface area contributed by atoms with Crippen molar-refractivity contribution in [3.05, 3.63) is 18.3 Å². The second-order valence-electron chi connectivity index (χ2n) is 5.05. The number of anilines is 2. The van der Waals surface area contributed by atoms with E-state index in [2.05, 4.69) is 42.3 Å². The number of hydrogen-bond donors (Lipinski definition) is 1. The molecule has 1 aliphatic carbocycles. The van der Waals surface area contributed by atoms with Crippen LogP contribution >= 0.6 is 0 Å². The van der Waals surface area contributed by atoms with Gasteiger partial charge in [0.2, 0.25) is 0 Å². The van der Waals surface area contributed by atoms with E-state index in [-0.39, 0.29) is 0 Å². The Morgan fingerprint density at radius 1 is 1.38 bits per heavy atom. The van der Waals surface area contributed by atoms with Crippen LogP contribution in [0.4, 0.5) is 11.5 Å². The quantitative estimate of drug-likeness (QED) is 0.847. The Balaban J connectivity index is 2.01. The van der Waals surface area contributed by atoms with Gasteiger partial charge in [-0.25, -0.2) is 4.98 Å². The lowest BCUT2D eigenvalue weighted by Crippen LogP contribution is -2.17. The second kappa shape index (κ2) is 4.73. The summed E-state index contributed by atoms with van der Waals surface area (Å²) >= 11 is 0. The maximum atomic E-state index is 4.37. The van der Waals surface area contributed by atoms with E-state index in [1.807, 2.05) is 12.3 Å². The number of hydrogen-bond acceptors (Lipinski definition) is 3. The van der Waals surface area contributed by atoms with Crippen molar-refractivity contribution < 1.29 is 0 Å². The Morgan fingerprint density at radius 2 is 2.19 bits per heavy atom. The van der Waals surface area contributed by atoms with Crippen LogP contribution in [0.3, 0.4) is 0 Å². The molecule has 1 aliphatic rings. The van der Waals surface area contributed by atoms with Gasteiger partial charge in [0, 0.05) is 38.1 Å². The van der Waals surface area contributed by atoms with Crippen LogP contribution in [-0.2, 0) is 0 Å². The lowest BCUT2D eigenvalue weighted by atomic mass is 10.1. The van der Waals surface area contributed by atoms with Crippen LogP contribution in [0.15, 0.2) is 18.3 Å². The monoisotopic (exact) mass is 219 g/mol. The fourth-order valence-electron chi connectivity index (χ4n) is 2.32. The molecule has 1 N–H and O–H groups in total. The summed E-state index contributed by atoms with van der Waals surface area (Å²) in [6, 6.07) is 4.76. The van der Waals surface area contributed by atoms with E-state index in [0.29, 0.717) is 6.04 Å². The summed E-state index contributed by atoms with van der Waals surface area (Å²) in [7, 11) is 4.10. The van der Waals surface area contributed by atoms with Crippen molar-refractivity contribution >= 4 is 11.5 Å². The minimum Gasteiger partial charge on any atom is -0.378 e. The Hall–Kier alpha value is -1.25. The predicted molar refractivity (Wildman–Crippen MR) is 69.0 cm³/mol. The van der Waals surface area contributed by atoms with Crippen LogP contribution in [0, 0.1) is 5.92 Å².